The topological polar surface area (TPSA) is 58.6 Å². The Morgan fingerprint density at radius 1 is 1.56 bits per heavy atom. The van der Waals surface area contributed by atoms with Gasteiger partial charge in [-0.3, -0.25) is 4.79 Å². The summed E-state index contributed by atoms with van der Waals surface area (Å²) in [5.74, 6) is 4.99. The second-order valence-electron chi connectivity index (χ2n) is 3.34. The molecule has 0 unspecified atom stereocenters. The van der Waals surface area contributed by atoms with Crippen LogP contribution < -0.4 is 5.32 Å². The molecule has 0 heterocycles. The van der Waals surface area contributed by atoms with Crippen molar-refractivity contribution in [3.05, 3.63) is 28.8 Å². The number of hydrogen-bond acceptors (Lipinski definition) is 3. The lowest BCUT2D eigenvalue weighted by atomic mass is 10.2. The van der Waals surface area contributed by atoms with E-state index in [1.807, 2.05) is 6.92 Å². The number of aliphatic hydroxyl groups excluding tert-OH is 1. The first-order valence-corrected chi connectivity index (χ1v) is 5.82. The quantitative estimate of drug-likeness (QED) is 0.816. The zero-order chi connectivity index (χ0) is 13.4. The standard InChI is InChI=1S/C13H14ClNO3/c1-2-18-9-13(17)15-12-8-10(4-3-7-16)5-6-11(12)14/h5-6,8,16H,2,7,9H2,1H3,(H,15,17). The number of carbonyl (C=O) groups is 1. The zero-order valence-corrected chi connectivity index (χ0v) is 10.8. The van der Waals surface area contributed by atoms with Crippen molar-refractivity contribution in [3.8, 4) is 11.8 Å². The van der Waals surface area contributed by atoms with Gasteiger partial charge >= 0.3 is 0 Å². The highest BCUT2D eigenvalue weighted by atomic mass is 35.5. The minimum atomic E-state index is -0.272. The molecule has 0 saturated carbocycles. The van der Waals surface area contributed by atoms with Gasteiger partial charge in [-0.25, -0.2) is 0 Å². The third-order valence-corrected chi connectivity index (χ3v) is 2.32. The number of benzene rings is 1. The molecule has 18 heavy (non-hydrogen) atoms. The highest BCUT2D eigenvalue weighted by Crippen LogP contribution is 2.22. The molecule has 0 radical (unpaired) electrons. The molecule has 0 aliphatic carbocycles. The van der Waals surface area contributed by atoms with Gasteiger partial charge in [-0.2, -0.15) is 0 Å². The lowest BCUT2D eigenvalue weighted by molar-refractivity contribution is -0.120. The fourth-order valence-electron chi connectivity index (χ4n) is 1.22. The zero-order valence-electron chi connectivity index (χ0n) is 10.00. The van der Waals surface area contributed by atoms with Crippen LogP contribution in [0.1, 0.15) is 12.5 Å². The number of aliphatic hydroxyl groups is 1. The molecule has 96 valence electrons. The Bertz CT molecular complexity index is 477. The summed E-state index contributed by atoms with van der Waals surface area (Å²) < 4.78 is 4.99. The average Bonchev–Trinajstić information content (AvgIpc) is 2.37. The summed E-state index contributed by atoms with van der Waals surface area (Å²) >= 11 is 5.96. The van der Waals surface area contributed by atoms with Crippen molar-refractivity contribution >= 4 is 23.2 Å². The largest absolute Gasteiger partial charge is 0.384 e. The third-order valence-electron chi connectivity index (χ3n) is 1.99. The van der Waals surface area contributed by atoms with Crippen molar-refractivity contribution in [1.29, 1.82) is 0 Å². The van der Waals surface area contributed by atoms with Gasteiger partial charge in [0.25, 0.3) is 0 Å². The Kier molecular flexibility index (Phi) is 6.23. The summed E-state index contributed by atoms with van der Waals surface area (Å²) in [4.78, 5) is 11.5. The first kappa shape index (κ1) is 14.5. The highest BCUT2D eigenvalue weighted by Gasteiger charge is 2.06. The number of nitrogens with one attached hydrogen (secondary N) is 1. The molecule has 0 atom stereocenters. The summed E-state index contributed by atoms with van der Waals surface area (Å²) in [6.45, 7) is 2.06. The summed E-state index contributed by atoms with van der Waals surface area (Å²) in [5, 5.41) is 11.7. The number of ether oxygens (including phenoxy) is 1. The van der Waals surface area contributed by atoms with Crippen LogP contribution >= 0.6 is 11.6 Å². The van der Waals surface area contributed by atoms with Gasteiger partial charge < -0.3 is 15.2 Å². The number of hydrogen-bond donors (Lipinski definition) is 2. The maximum Gasteiger partial charge on any atom is 0.250 e. The molecule has 1 amide bonds. The van der Waals surface area contributed by atoms with Crippen LogP contribution in [-0.2, 0) is 9.53 Å². The van der Waals surface area contributed by atoms with E-state index < -0.39 is 0 Å². The van der Waals surface area contributed by atoms with Gasteiger partial charge in [-0.1, -0.05) is 23.4 Å². The van der Waals surface area contributed by atoms with Crippen molar-refractivity contribution in [3.63, 3.8) is 0 Å². The molecule has 0 bridgehead atoms. The smallest absolute Gasteiger partial charge is 0.250 e. The molecule has 4 nitrogen and oxygen atoms in total. The fourth-order valence-corrected chi connectivity index (χ4v) is 1.39. The second kappa shape index (κ2) is 7.72. The SMILES string of the molecule is CCOCC(=O)Nc1cc(C#CCO)ccc1Cl. The average molecular weight is 268 g/mol. The molecule has 0 aliphatic heterocycles. The number of halogens is 1. The molecule has 0 aliphatic rings. The van der Waals surface area contributed by atoms with E-state index in [9.17, 15) is 4.79 Å². The number of rotatable bonds is 4. The summed E-state index contributed by atoms with van der Waals surface area (Å²) in [7, 11) is 0. The molecule has 2 N–H and O–H groups in total. The highest BCUT2D eigenvalue weighted by molar-refractivity contribution is 6.33. The van der Waals surface area contributed by atoms with Crippen LogP contribution in [0.2, 0.25) is 5.02 Å². The number of carbonyl (C=O) groups excluding carboxylic acids is 1. The molecular weight excluding hydrogens is 254 g/mol. The van der Waals surface area contributed by atoms with E-state index in [0.717, 1.165) is 0 Å². The van der Waals surface area contributed by atoms with Crippen molar-refractivity contribution in [1.82, 2.24) is 0 Å². The Hall–Kier alpha value is -1.54. The fraction of sp³-hybridized carbons (Fsp3) is 0.308. The van der Waals surface area contributed by atoms with Gasteiger partial charge in [0.15, 0.2) is 0 Å². The minimum absolute atomic E-state index is 0.0145. The van der Waals surface area contributed by atoms with Crippen LogP contribution in [0.4, 0.5) is 5.69 Å². The van der Waals surface area contributed by atoms with Gasteiger partial charge in [0, 0.05) is 12.2 Å². The second-order valence-corrected chi connectivity index (χ2v) is 3.75. The van der Waals surface area contributed by atoms with E-state index in [0.29, 0.717) is 22.9 Å². The molecule has 1 aromatic rings. The molecule has 0 spiro atoms. The Morgan fingerprint density at radius 2 is 2.33 bits per heavy atom. The van der Waals surface area contributed by atoms with Crippen LogP contribution in [0, 0.1) is 11.8 Å². The minimum Gasteiger partial charge on any atom is -0.384 e. The van der Waals surface area contributed by atoms with Crippen molar-refractivity contribution in [2.45, 2.75) is 6.92 Å². The normalized spacial score (nSPS) is 9.50. The van der Waals surface area contributed by atoms with Crippen LogP contribution in [0.15, 0.2) is 18.2 Å². The van der Waals surface area contributed by atoms with Gasteiger partial charge in [0.2, 0.25) is 5.91 Å². The number of anilines is 1. The summed E-state index contributed by atoms with van der Waals surface area (Å²) in [6.07, 6.45) is 0. The van der Waals surface area contributed by atoms with Gasteiger partial charge in [-0.05, 0) is 25.1 Å². The first-order chi connectivity index (χ1) is 8.67. The maximum absolute atomic E-state index is 11.5. The Morgan fingerprint density at radius 3 is 3.00 bits per heavy atom. The van der Waals surface area contributed by atoms with E-state index in [2.05, 4.69) is 17.2 Å². The molecule has 1 aromatic carbocycles. The van der Waals surface area contributed by atoms with E-state index in [1.165, 1.54) is 0 Å². The Labute approximate surface area is 111 Å². The maximum atomic E-state index is 11.5. The monoisotopic (exact) mass is 267 g/mol. The predicted molar refractivity (Wildman–Crippen MR) is 70.5 cm³/mol. The van der Waals surface area contributed by atoms with Gasteiger partial charge in [0.05, 0.1) is 10.7 Å². The molecule has 5 heteroatoms. The molecule has 0 aromatic heterocycles. The van der Waals surface area contributed by atoms with Gasteiger partial charge in [0.1, 0.15) is 13.2 Å². The Balaban J connectivity index is 2.77. The van der Waals surface area contributed by atoms with Gasteiger partial charge in [-0.15, -0.1) is 0 Å². The molecular formula is C13H14ClNO3. The van der Waals surface area contributed by atoms with E-state index >= 15 is 0 Å². The molecule has 0 saturated heterocycles. The van der Waals surface area contributed by atoms with Crippen molar-refractivity contribution in [2.75, 3.05) is 25.1 Å². The lowest BCUT2D eigenvalue weighted by Crippen LogP contribution is -2.18. The van der Waals surface area contributed by atoms with Crippen LogP contribution in [0.3, 0.4) is 0 Å². The lowest BCUT2D eigenvalue weighted by Gasteiger charge is -2.07. The van der Waals surface area contributed by atoms with Crippen LogP contribution in [-0.4, -0.2) is 30.8 Å². The first-order valence-electron chi connectivity index (χ1n) is 5.44. The summed E-state index contributed by atoms with van der Waals surface area (Å²) in [5.41, 5.74) is 1.14. The van der Waals surface area contributed by atoms with E-state index in [-0.39, 0.29) is 19.1 Å². The van der Waals surface area contributed by atoms with Crippen LogP contribution in [0.5, 0.6) is 0 Å². The summed E-state index contributed by atoms with van der Waals surface area (Å²) in [6, 6.07) is 5.00. The number of amides is 1. The van der Waals surface area contributed by atoms with Crippen molar-refractivity contribution < 1.29 is 14.6 Å². The van der Waals surface area contributed by atoms with E-state index in [1.54, 1.807) is 18.2 Å². The molecule has 1 rings (SSSR count). The predicted octanol–water partition coefficient (Wildman–Crippen LogP) is 1.66. The van der Waals surface area contributed by atoms with E-state index in [4.69, 9.17) is 21.4 Å². The van der Waals surface area contributed by atoms with Crippen LogP contribution in [0.25, 0.3) is 0 Å². The third kappa shape index (κ3) is 4.76. The molecule has 0 fully saturated rings. The van der Waals surface area contributed by atoms with Crippen molar-refractivity contribution in [2.24, 2.45) is 0 Å².